The van der Waals surface area contributed by atoms with E-state index in [1.54, 1.807) is 0 Å². The van der Waals surface area contributed by atoms with E-state index in [4.69, 9.17) is 5.11 Å². The molecule has 0 unspecified atom stereocenters. The van der Waals surface area contributed by atoms with Crippen LogP contribution in [0.1, 0.15) is 20.8 Å². The third-order valence-electron chi connectivity index (χ3n) is 1.29. The lowest BCUT2D eigenvalue weighted by Crippen LogP contribution is -1.97. The summed E-state index contributed by atoms with van der Waals surface area (Å²) in [6.45, 7) is 6.30. The summed E-state index contributed by atoms with van der Waals surface area (Å²) >= 11 is 0. The zero-order chi connectivity index (χ0) is 6.57. The van der Waals surface area contributed by atoms with Gasteiger partial charge in [-0.15, -0.1) is 0 Å². The van der Waals surface area contributed by atoms with Gasteiger partial charge in [-0.05, 0) is 18.4 Å². The van der Waals surface area contributed by atoms with Crippen LogP contribution in [-0.4, -0.2) is 11.7 Å². The molecule has 0 aliphatic heterocycles. The van der Waals surface area contributed by atoms with Crippen molar-refractivity contribution in [2.75, 3.05) is 6.61 Å². The molecule has 1 heteroatoms. The molecule has 0 aromatic carbocycles. The Balaban J connectivity index is 3.72. The number of aliphatic hydroxyl groups is 1. The van der Waals surface area contributed by atoms with Gasteiger partial charge in [-0.3, -0.25) is 0 Å². The normalized spacial score (nSPS) is 12.9. The predicted molar refractivity (Wildman–Crippen MR) is 35.7 cm³/mol. The number of hydrogen-bond acceptors (Lipinski definition) is 1. The van der Waals surface area contributed by atoms with E-state index in [0.29, 0.717) is 5.92 Å². The van der Waals surface area contributed by atoms with Crippen molar-refractivity contribution >= 4 is 0 Å². The molecule has 0 aromatic rings. The van der Waals surface area contributed by atoms with Gasteiger partial charge in [0.25, 0.3) is 0 Å². The minimum absolute atomic E-state index is 0.203. The molecule has 0 rings (SSSR count). The van der Waals surface area contributed by atoms with E-state index in [9.17, 15) is 0 Å². The van der Waals surface area contributed by atoms with Crippen LogP contribution in [0.4, 0.5) is 0 Å². The van der Waals surface area contributed by atoms with Crippen molar-refractivity contribution in [1.29, 1.82) is 0 Å². The lowest BCUT2D eigenvalue weighted by atomic mass is 10.0. The first-order valence-electron chi connectivity index (χ1n) is 2.98. The second-order valence-corrected chi connectivity index (χ2v) is 2.18. The third-order valence-corrected chi connectivity index (χ3v) is 1.29. The van der Waals surface area contributed by atoms with Gasteiger partial charge in [0.15, 0.2) is 0 Å². The molecule has 1 nitrogen and oxygen atoms in total. The Kier molecular flexibility index (Phi) is 3.53. The van der Waals surface area contributed by atoms with Gasteiger partial charge in [-0.25, -0.2) is 0 Å². The molecule has 0 radical (unpaired) electrons. The van der Waals surface area contributed by atoms with E-state index >= 15 is 0 Å². The fraction of sp³-hybridized carbons (Fsp3) is 0.714. The molecular weight excluding hydrogens is 100 g/mol. The molecule has 0 heterocycles. The second-order valence-electron chi connectivity index (χ2n) is 2.18. The Morgan fingerprint density at radius 1 is 1.62 bits per heavy atom. The van der Waals surface area contributed by atoms with Crippen LogP contribution in [-0.2, 0) is 0 Å². The summed E-state index contributed by atoms with van der Waals surface area (Å²) in [5, 5.41) is 8.63. The lowest BCUT2D eigenvalue weighted by molar-refractivity contribution is 0.318. The maximum Gasteiger partial charge on any atom is 0.0644 e. The van der Waals surface area contributed by atoms with Crippen molar-refractivity contribution in [1.82, 2.24) is 0 Å². The first-order chi connectivity index (χ1) is 3.72. The first-order valence-corrected chi connectivity index (χ1v) is 2.98. The van der Waals surface area contributed by atoms with Gasteiger partial charge in [0.1, 0.15) is 0 Å². The number of allylic oxidation sites excluding steroid dienone is 1. The van der Waals surface area contributed by atoms with Crippen molar-refractivity contribution in [3.8, 4) is 0 Å². The molecule has 0 bridgehead atoms. The van der Waals surface area contributed by atoms with E-state index in [0.717, 1.165) is 5.57 Å². The number of aliphatic hydroxyl groups excluding tert-OH is 1. The standard InChI is InChI=1S/C7H14O/c1-4-7(5-8)6(2)3/h4,6,8H,5H2,1-3H3/b7-4+. The Hall–Kier alpha value is -0.300. The summed E-state index contributed by atoms with van der Waals surface area (Å²) in [6.07, 6.45) is 1.96. The molecule has 0 amide bonds. The largest absolute Gasteiger partial charge is 0.392 e. The van der Waals surface area contributed by atoms with Crippen LogP contribution < -0.4 is 0 Å². The van der Waals surface area contributed by atoms with Gasteiger partial charge >= 0.3 is 0 Å². The summed E-state index contributed by atoms with van der Waals surface area (Å²) in [5.41, 5.74) is 1.12. The van der Waals surface area contributed by atoms with E-state index in [2.05, 4.69) is 13.8 Å². The Morgan fingerprint density at radius 2 is 2.12 bits per heavy atom. The van der Waals surface area contributed by atoms with Crippen molar-refractivity contribution in [3.05, 3.63) is 11.6 Å². The Bertz CT molecular complexity index is 82.4. The summed E-state index contributed by atoms with van der Waals surface area (Å²) in [7, 11) is 0. The SMILES string of the molecule is C/C=C(\CO)C(C)C. The molecule has 0 aliphatic carbocycles. The first kappa shape index (κ1) is 7.70. The maximum absolute atomic E-state index is 8.63. The van der Waals surface area contributed by atoms with Crippen molar-refractivity contribution in [3.63, 3.8) is 0 Å². The molecule has 0 fully saturated rings. The summed E-state index contributed by atoms with van der Waals surface area (Å²) in [4.78, 5) is 0. The zero-order valence-electron chi connectivity index (χ0n) is 5.81. The summed E-state index contributed by atoms with van der Waals surface area (Å²) in [6, 6.07) is 0. The summed E-state index contributed by atoms with van der Waals surface area (Å²) < 4.78 is 0. The van der Waals surface area contributed by atoms with Crippen LogP contribution in [0.2, 0.25) is 0 Å². The van der Waals surface area contributed by atoms with Gasteiger partial charge in [-0.1, -0.05) is 19.9 Å². The minimum Gasteiger partial charge on any atom is -0.392 e. The maximum atomic E-state index is 8.63. The average Bonchev–Trinajstić information content (AvgIpc) is 1.69. The molecule has 8 heavy (non-hydrogen) atoms. The topological polar surface area (TPSA) is 20.2 Å². The van der Waals surface area contributed by atoms with E-state index in [1.165, 1.54) is 0 Å². The van der Waals surface area contributed by atoms with Crippen LogP contribution in [0.5, 0.6) is 0 Å². The molecule has 0 atom stereocenters. The van der Waals surface area contributed by atoms with Crippen molar-refractivity contribution in [2.45, 2.75) is 20.8 Å². The average molecular weight is 114 g/mol. The highest BCUT2D eigenvalue weighted by molar-refractivity contribution is 5.02. The van der Waals surface area contributed by atoms with E-state index in [-0.39, 0.29) is 6.61 Å². The fourth-order valence-electron chi connectivity index (χ4n) is 0.607. The van der Waals surface area contributed by atoms with Gasteiger partial charge < -0.3 is 5.11 Å². The molecule has 48 valence electrons. The fourth-order valence-corrected chi connectivity index (χ4v) is 0.607. The predicted octanol–water partition coefficient (Wildman–Crippen LogP) is 1.58. The van der Waals surface area contributed by atoms with Gasteiger partial charge in [-0.2, -0.15) is 0 Å². The monoisotopic (exact) mass is 114 g/mol. The van der Waals surface area contributed by atoms with E-state index in [1.807, 2.05) is 13.0 Å². The highest BCUT2D eigenvalue weighted by Crippen LogP contribution is 2.06. The van der Waals surface area contributed by atoms with Crippen LogP contribution in [0.25, 0.3) is 0 Å². The molecular formula is C7H14O. The van der Waals surface area contributed by atoms with Gasteiger partial charge in [0, 0.05) is 0 Å². The number of hydrogen-bond donors (Lipinski definition) is 1. The molecule has 1 N–H and O–H groups in total. The van der Waals surface area contributed by atoms with Crippen LogP contribution in [0.15, 0.2) is 11.6 Å². The van der Waals surface area contributed by atoms with Crippen LogP contribution in [0, 0.1) is 5.92 Å². The molecule has 0 aliphatic rings. The van der Waals surface area contributed by atoms with E-state index < -0.39 is 0 Å². The van der Waals surface area contributed by atoms with Crippen LogP contribution >= 0.6 is 0 Å². The lowest BCUT2D eigenvalue weighted by Gasteiger charge is -2.04. The number of rotatable bonds is 2. The highest BCUT2D eigenvalue weighted by atomic mass is 16.3. The molecule has 0 saturated heterocycles. The molecule has 0 spiro atoms. The molecule has 0 aromatic heterocycles. The van der Waals surface area contributed by atoms with Crippen LogP contribution in [0.3, 0.4) is 0 Å². The smallest absolute Gasteiger partial charge is 0.0644 e. The highest BCUT2D eigenvalue weighted by Gasteiger charge is 1.96. The van der Waals surface area contributed by atoms with Crippen molar-refractivity contribution < 1.29 is 5.11 Å². The Labute approximate surface area is 51.0 Å². The minimum atomic E-state index is 0.203. The van der Waals surface area contributed by atoms with Crippen molar-refractivity contribution in [2.24, 2.45) is 5.92 Å². The molecule has 0 saturated carbocycles. The summed E-state index contributed by atoms with van der Waals surface area (Å²) in [5.74, 6) is 0.491. The quantitative estimate of drug-likeness (QED) is 0.540. The van der Waals surface area contributed by atoms with Gasteiger partial charge in [0.2, 0.25) is 0 Å². The third kappa shape index (κ3) is 2.12. The van der Waals surface area contributed by atoms with Gasteiger partial charge in [0.05, 0.1) is 6.61 Å². The zero-order valence-corrected chi connectivity index (χ0v) is 5.81. The second kappa shape index (κ2) is 3.67. The Morgan fingerprint density at radius 3 is 2.12 bits per heavy atom.